The van der Waals surface area contributed by atoms with Crippen LogP contribution in [0.2, 0.25) is 0 Å². The van der Waals surface area contributed by atoms with Crippen molar-refractivity contribution in [3.8, 4) is 5.75 Å². The number of ether oxygens (including phenoxy) is 1. The summed E-state index contributed by atoms with van der Waals surface area (Å²) in [6, 6.07) is 8.26. The minimum atomic E-state index is -0.618. The summed E-state index contributed by atoms with van der Waals surface area (Å²) in [5.41, 5.74) is 0.512. The number of carbonyl (C=O) groups excluding carboxylic acids is 1. The van der Waals surface area contributed by atoms with Gasteiger partial charge in [0.05, 0.1) is 18.8 Å². The maximum atomic E-state index is 13.1. The second-order valence-electron chi connectivity index (χ2n) is 9.03. The highest BCUT2D eigenvalue weighted by Crippen LogP contribution is 2.50. The lowest BCUT2D eigenvalue weighted by atomic mass is 9.66. The van der Waals surface area contributed by atoms with Crippen molar-refractivity contribution in [2.45, 2.75) is 69.9 Å². The molecule has 2 heterocycles. The second-order valence-corrected chi connectivity index (χ2v) is 9.03. The molecule has 160 valence electrons. The number of amides is 1. The van der Waals surface area contributed by atoms with Gasteiger partial charge in [0.15, 0.2) is 0 Å². The van der Waals surface area contributed by atoms with Crippen molar-refractivity contribution in [1.82, 2.24) is 9.80 Å². The third-order valence-corrected chi connectivity index (χ3v) is 7.26. The minimum absolute atomic E-state index is 0.0329. The molecule has 1 amide bonds. The lowest BCUT2D eigenvalue weighted by molar-refractivity contribution is -0.145. The first-order valence-corrected chi connectivity index (χ1v) is 11.6. The second kappa shape index (κ2) is 9.05. The van der Waals surface area contributed by atoms with Crippen LogP contribution in [0, 0.1) is 5.92 Å². The summed E-state index contributed by atoms with van der Waals surface area (Å²) in [5.74, 6) is 1.29. The van der Waals surface area contributed by atoms with Crippen LogP contribution in [0.25, 0.3) is 0 Å². The fraction of sp³-hybridized carbons (Fsp3) is 0.708. The van der Waals surface area contributed by atoms with E-state index in [1.807, 2.05) is 24.0 Å². The van der Waals surface area contributed by atoms with Crippen molar-refractivity contribution >= 4 is 5.91 Å². The lowest BCUT2D eigenvalue weighted by Crippen LogP contribution is -2.56. The summed E-state index contributed by atoms with van der Waals surface area (Å²) in [7, 11) is 0. The normalized spacial score (nSPS) is 30.6. The average molecular weight is 401 g/mol. The number of rotatable bonds is 5. The van der Waals surface area contributed by atoms with E-state index >= 15 is 0 Å². The van der Waals surface area contributed by atoms with Gasteiger partial charge in [-0.25, -0.2) is 0 Å². The molecule has 3 atom stereocenters. The summed E-state index contributed by atoms with van der Waals surface area (Å²) in [4.78, 5) is 17.5. The number of nitrogens with zero attached hydrogens (tertiary/aromatic N) is 2. The third kappa shape index (κ3) is 4.31. The Morgan fingerprint density at radius 2 is 1.90 bits per heavy atom. The van der Waals surface area contributed by atoms with E-state index in [1.54, 1.807) is 0 Å². The standard InChI is InChI=1S/C24H36N2O3/c1-2-29-21-12-5-4-10-19(21)23-20-11-6-7-13-24(20,28)14-17-26(23)18-22(27)25-15-8-3-9-16-25/h4-5,10,12,20,23,28H,2-3,6-9,11,13-18H2,1H3/t20-,23+,24+/m0/s1. The zero-order chi connectivity index (χ0) is 20.3. The SMILES string of the molecule is CCOc1ccccc1[C@@H]1[C@@H]2CCCC[C@@]2(O)CCN1CC(=O)N1CCCCC1. The third-order valence-electron chi connectivity index (χ3n) is 7.26. The van der Waals surface area contributed by atoms with Crippen LogP contribution in [0.15, 0.2) is 24.3 Å². The molecule has 2 saturated heterocycles. The Morgan fingerprint density at radius 1 is 1.10 bits per heavy atom. The van der Waals surface area contributed by atoms with Gasteiger partial charge < -0.3 is 14.7 Å². The first-order valence-electron chi connectivity index (χ1n) is 11.6. The van der Waals surface area contributed by atoms with Gasteiger partial charge >= 0.3 is 0 Å². The minimum Gasteiger partial charge on any atom is -0.494 e. The molecule has 4 rings (SSSR count). The molecule has 0 bridgehead atoms. The van der Waals surface area contributed by atoms with Crippen LogP contribution in [0.5, 0.6) is 5.75 Å². The number of para-hydroxylation sites is 1. The van der Waals surface area contributed by atoms with Crippen molar-refractivity contribution in [1.29, 1.82) is 0 Å². The van der Waals surface area contributed by atoms with Crippen molar-refractivity contribution in [2.75, 3.05) is 32.8 Å². The Labute approximate surface area is 175 Å². The zero-order valence-corrected chi connectivity index (χ0v) is 17.8. The van der Waals surface area contributed by atoms with Crippen molar-refractivity contribution in [3.05, 3.63) is 29.8 Å². The van der Waals surface area contributed by atoms with E-state index in [-0.39, 0.29) is 17.9 Å². The molecule has 29 heavy (non-hydrogen) atoms. The van der Waals surface area contributed by atoms with Gasteiger partial charge in [-0.2, -0.15) is 0 Å². The van der Waals surface area contributed by atoms with Crippen molar-refractivity contribution < 1.29 is 14.6 Å². The van der Waals surface area contributed by atoms with Crippen LogP contribution in [0.3, 0.4) is 0 Å². The van der Waals surface area contributed by atoms with E-state index in [0.717, 1.165) is 75.9 Å². The molecule has 1 saturated carbocycles. The highest BCUT2D eigenvalue weighted by molar-refractivity contribution is 5.78. The number of fused-ring (bicyclic) bond motifs is 1. The predicted octanol–water partition coefficient (Wildman–Crippen LogP) is 3.77. The molecule has 1 aliphatic carbocycles. The Kier molecular flexibility index (Phi) is 6.45. The summed E-state index contributed by atoms with van der Waals surface area (Å²) in [6.07, 6.45) is 8.35. The summed E-state index contributed by atoms with van der Waals surface area (Å²) < 4.78 is 5.97. The number of carbonyl (C=O) groups is 1. The molecule has 0 radical (unpaired) electrons. The van der Waals surface area contributed by atoms with Crippen molar-refractivity contribution in [2.24, 2.45) is 5.92 Å². The van der Waals surface area contributed by atoms with Gasteiger partial charge in [0.2, 0.25) is 5.91 Å². The van der Waals surface area contributed by atoms with Gasteiger partial charge in [-0.05, 0) is 51.5 Å². The molecule has 0 aromatic heterocycles. The molecule has 3 fully saturated rings. The maximum Gasteiger partial charge on any atom is 0.236 e. The van der Waals surface area contributed by atoms with Gasteiger partial charge in [0.25, 0.3) is 0 Å². The van der Waals surface area contributed by atoms with Gasteiger partial charge in [0.1, 0.15) is 5.75 Å². The van der Waals surface area contributed by atoms with Crippen LogP contribution >= 0.6 is 0 Å². The number of hydrogen-bond acceptors (Lipinski definition) is 4. The summed E-state index contributed by atoms with van der Waals surface area (Å²) >= 11 is 0. The van der Waals surface area contributed by atoms with E-state index in [1.165, 1.54) is 6.42 Å². The fourth-order valence-electron chi connectivity index (χ4n) is 5.76. The van der Waals surface area contributed by atoms with E-state index in [0.29, 0.717) is 13.2 Å². The zero-order valence-electron chi connectivity index (χ0n) is 17.8. The van der Waals surface area contributed by atoms with E-state index in [9.17, 15) is 9.90 Å². The Bertz CT molecular complexity index is 703. The highest BCUT2D eigenvalue weighted by atomic mass is 16.5. The lowest BCUT2D eigenvalue weighted by Gasteiger charge is -2.53. The Hall–Kier alpha value is -1.59. The van der Waals surface area contributed by atoms with Crippen LogP contribution in [-0.4, -0.2) is 59.2 Å². The topological polar surface area (TPSA) is 53.0 Å². The quantitative estimate of drug-likeness (QED) is 0.818. The molecular formula is C24H36N2O3. The van der Waals surface area contributed by atoms with E-state index < -0.39 is 5.60 Å². The molecule has 1 aromatic carbocycles. The van der Waals surface area contributed by atoms with Gasteiger partial charge in [-0.15, -0.1) is 0 Å². The number of likely N-dealkylation sites (tertiary alicyclic amines) is 2. The largest absolute Gasteiger partial charge is 0.494 e. The Morgan fingerprint density at radius 3 is 2.69 bits per heavy atom. The summed E-state index contributed by atoms with van der Waals surface area (Å²) in [6.45, 7) is 5.60. The molecule has 5 heteroatoms. The molecule has 0 unspecified atom stereocenters. The number of hydrogen-bond donors (Lipinski definition) is 1. The average Bonchev–Trinajstić information content (AvgIpc) is 2.75. The molecule has 0 spiro atoms. The monoisotopic (exact) mass is 400 g/mol. The first-order chi connectivity index (χ1) is 14.1. The van der Waals surface area contributed by atoms with E-state index in [4.69, 9.17) is 4.74 Å². The molecule has 1 N–H and O–H groups in total. The highest BCUT2D eigenvalue weighted by Gasteiger charge is 2.50. The number of aliphatic hydroxyl groups is 1. The maximum absolute atomic E-state index is 13.1. The number of piperidine rings is 2. The van der Waals surface area contributed by atoms with E-state index in [2.05, 4.69) is 17.0 Å². The molecule has 3 aliphatic rings. The van der Waals surface area contributed by atoms with Gasteiger partial charge in [-0.3, -0.25) is 9.69 Å². The molecule has 1 aromatic rings. The molecular weight excluding hydrogens is 364 g/mol. The van der Waals surface area contributed by atoms with Crippen LogP contribution in [-0.2, 0) is 4.79 Å². The Balaban J connectivity index is 1.63. The fourth-order valence-corrected chi connectivity index (χ4v) is 5.76. The van der Waals surface area contributed by atoms with Crippen LogP contribution in [0.1, 0.15) is 69.9 Å². The molecule has 5 nitrogen and oxygen atoms in total. The molecule has 2 aliphatic heterocycles. The predicted molar refractivity (Wildman–Crippen MR) is 114 cm³/mol. The van der Waals surface area contributed by atoms with Gasteiger partial charge in [-0.1, -0.05) is 31.0 Å². The smallest absolute Gasteiger partial charge is 0.236 e. The summed E-state index contributed by atoms with van der Waals surface area (Å²) in [5, 5.41) is 11.5. The van der Waals surface area contributed by atoms with Crippen molar-refractivity contribution in [3.63, 3.8) is 0 Å². The van der Waals surface area contributed by atoms with Crippen LogP contribution < -0.4 is 4.74 Å². The van der Waals surface area contributed by atoms with Crippen LogP contribution in [0.4, 0.5) is 0 Å². The first kappa shape index (κ1) is 20.7. The number of benzene rings is 1. The van der Waals surface area contributed by atoms with Gasteiger partial charge in [0, 0.05) is 37.2 Å².